The molecule has 0 spiro atoms. The van der Waals surface area contributed by atoms with Gasteiger partial charge in [0.25, 0.3) is 0 Å². The molecule has 1 saturated carbocycles. The second-order valence-electron chi connectivity index (χ2n) is 4.80. The van der Waals surface area contributed by atoms with Gasteiger partial charge in [-0.3, -0.25) is 0 Å². The van der Waals surface area contributed by atoms with Crippen LogP contribution in [0.1, 0.15) is 26.7 Å². The van der Waals surface area contributed by atoms with Gasteiger partial charge in [0.15, 0.2) is 0 Å². The molecule has 1 saturated heterocycles. The van der Waals surface area contributed by atoms with Crippen molar-refractivity contribution in [3.05, 3.63) is 0 Å². The van der Waals surface area contributed by atoms with E-state index in [1.54, 1.807) is 0 Å². The number of likely N-dealkylation sites (tertiary alicyclic amines) is 1. The molecular weight excluding hydrogens is 148 g/mol. The Bertz CT molecular complexity index is 153. The summed E-state index contributed by atoms with van der Waals surface area (Å²) in [7, 11) is 0. The van der Waals surface area contributed by atoms with Crippen LogP contribution in [0.3, 0.4) is 0 Å². The highest BCUT2D eigenvalue weighted by atomic mass is 15.2. The van der Waals surface area contributed by atoms with Crippen molar-refractivity contribution in [2.24, 2.45) is 17.6 Å². The van der Waals surface area contributed by atoms with Crippen molar-refractivity contribution in [2.75, 3.05) is 13.1 Å². The fourth-order valence-electron chi connectivity index (χ4n) is 2.80. The Morgan fingerprint density at radius 1 is 1.17 bits per heavy atom. The molecule has 2 aliphatic rings. The minimum Gasteiger partial charge on any atom is -0.328 e. The summed E-state index contributed by atoms with van der Waals surface area (Å²) in [6, 6.07) is 1.24. The first kappa shape index (κ1) is 8.52. The van der Waals surface area contributed by atoms with Crippen LogP contribution in [0, 0.1) is 11.8 Å². The fourth-order valence-corrected chi connectivity index (χ4v) is 2.80. The largest absolute Gasteiger partial charge is 0.328 e. The summed E-state index contributed by atoms with van der Waals surface area (Å²) in [5.74, 6) is 1.84. The third-order valence-corrected chi connectivity index (χ3v) is 3.55. The molecule has 1 unspecified atom stereocenters. The number of fused-ring (bicyclic) bond motifs is 1. The molecule has 70 valence electrons. The molecule has 2 heteroatoms. The summed E-state index contributed by atoms with van der Waals surface area (Å²) >= 11 is 0. The summed E-state index contributed by atoms with van der Waals surface area (Å²) in [6.45, 7) is 7.19. The molecule has 0 radical (unpaired) electrons. The van der Waals surface area contributed by atoms with E-state index in [2.05, 4.69) is 18.7 Å². The number of rotatable bonds is 1. The standard InChI is InChI=1S/C10H20N2/c1-7(2)12-5-8-3-10(11)4-9(8)6-12/h7-10H,3-6,11H2,1-2H3/t8-,9+,10?. The van der Waals surface area contributed by atoms with E-state index in [9.17, 15) is 0 Å². The lowest BCUT2D eigenvalue weighted by Gasteiger charge is -2.21. The summed E-state index contributed by atoms with van der Waals surface area (Å²) in [5, 5.41) is 0. The van der Waals surface area contributed by atoms with Crippen LogP contribution in [-0.4, -0.2) is 30.1 Å². The summed E-state index contributed by atoms with van der Waals surface area (Å²) < 4.78 is 0. The smallest absolute Gasteiger partial charge is 0.00452 e. The third-order valence-electron chi connectivity index (χ3n) is 3.55. The van der Waals surface area contributed by atoms with Crippen molar-refractivity contribution in [2.45, 2.75) is 38.8 Å². The Balaban J connectivity index is 1.93. The van der Waals surface area contributed by atoms with Gasteiger partial charge in [0.2, 0.25) is 0 Å². The zero-order valence-corrected chi connectivity index (χ0v) is 8.16. The predicted octanol–water partition coefficient (Wildman–Crippen LogP) is 1.06. The lowest BCUT2D eigenvalue weighted by atomic mass is 10.0. The molecule has 1 heterocycles. The van der Waals surface area contributed by atoms with Crippen molar-refractivity contribution in [3.63, 3.8) is 0 Å². The summed E-state index contributed by atoms with van der Waals surface area (Å²) in [6.07, 6.45) is 2.54. The van der Waals surface area contributed by atoms with Crippen LogP contribution in [0.25, 0.3) is 0 Å². The van der Waals surface area contributed by atoms with Gasteiger partial charge in [-0.2, -0.15) is 0 Å². The molecule has 0 aromatic carbocycles. The SMILES string of the molecule is CC(C)N1C[C@H]2CC(N)C[C@H]2C1. The van der Waals surface area contributed by atoms with Gasteiger partial charge >= 0.3 is 0 Å². The first-order valence-corrected chi connectivity index (χ1v) is 5.16. The maximum absolute atomic E-state index is 5.93. The van der Waals surface area contributed by atoms with Crippen LogP contribution in [0.15, 0.2) is 0 Å². The molecule has 2 N–H and O–H groups in total. The molecule has 2 rings (SSSR count). The van der Waals surface area contributed by atoms with Crippen molar-refractivity contribution >= 4 is 0 Å². The van der Waals surface area contributed by atoms with Gasteiger partial charge in [-0.05, 0) is 38.5 Å². The van der Waals surface area contributed by atoms with E-state index in [4.69, 9.17) is 5.73 Å². The normalized spacial score (nSPS) is 42.5. The minimum atomic E-state index is 0.509. The molecule has 2 fully saturated rings. The summed E-state index contributed by atoms with van der Waals surface area (Å²) in [4.78, 5) is 2.60. The van der Waals surface area contributed by atoms with Crippen LogP contribution < -0.4 is 5.73 Å². The molecule has 1 aliphatic carbocycles. The van der Waals surface area contributed by atoms with Crippen LogP contribution in [0.4, 0.5) is 0 Å². The Morgan fingerprint density at radius 3 is 2.08 bits per heavy atom. The average Bonchev–Trinajstić information content (AvgIpc) is 2.42. The molecule has 0 amide bonds. The average molecular weight is 168 g/mol. The van der Waals surface area contributed by atoms with Crippen molar-refractivity contribution < 1.29 is 0 Å². The molecular formula is C10H20N2. The van der Waals surface area contributed by atoms with Gasteiger partial charge in [0, 0.05) is 25.2 Å². The van der Waals surface area contributed by atoms with E-state index in [1.807, 2.05) is 0 Å². The zero-order chi connectivity index (χ0) is 8.72. The van der Waals surface area contributed by atoms with E-state index in [0.29, 0.717) is 6.04 Å². The van der Waals surface area contributed by atoms with E-state index in [0.717, 1.165) is 17.9 Å². The second kappa shape index (κ2) is 3.00. The maximum Gasteiger partial charge on any atom is 0.00452 e. The first-order valence-electron chi connectivity index (χ1n) is 5.16. The van der Waals surface area contributed by atoms with Crippen molar-refractivity contribution in [1.82, 2.24) is 4.90 Å². The molecule has 3 atom stereocenters. The number of nitrogens with two attached hydrogens (primary N) is 1. The van der Waals surface area contributed by atoms with Crippen molar-refractivity contribution in [1.29, 1.82) is 0 Å². The van der Waals surface area contributed by atoms with Gasteiger partial charge < -0.3 is 10.6 Å². The molecule has 12 heavy (non-hydrogen) atoms. The molecule has 0 aromatic rings. The Labute approximate surface area is 75.1 Å². The van der Waals surface area contributed by atoms with E-state index in [-0.39, 0.29) is 0 Å². The Hall–Kier alpha value is -0.0800. The number of nitrogens with zero attached hydrogens (tertiary/aromatic N) is 1. The van der Waals surface area contributed by atoms with Crippen LogP contribution in [0.5, 0.6) is 0 Å². The molecule has 1 aliphatic heterocycles. The quantitative estimate of drug-likeness (QED) is 0.634. The zero-order valence-electron chi connectivity index (χ0n) is 8.16. The second-order valence-corrected chi connectivity index (χ2v) is 4.80. The van der Waals surface area contributed by atoms with E-state index in [1.165, 1.54) is 25.9 Å². The lowest BCUT2D eigenvalue weighted by molar-refractivity contribution is 0.252. The predicted molar refractivity (Wildman–Crippen MR) is 50.9 cm³/mol. The van der Waals surface area contributed by atoms with Gasteiger partial charge in [0.1, 0.15) is 0 Å². The monoisotopic (exact) mass is 168 g/mol. The first-order chi connectivity index (χ1) is 5.66. The third kappa shape index (κ3) is 1.38. The van der Waals surface area contributed by atoms with Gasteiger partial charge in [-0.25, -0.2) is 0 Å². The van der Waals surface area contributed by atoms with Crippen LogP contribution in [-0.2, 0) is 0 Å². The summed E-state index contributed by atoms with van der Waals surface area (Å²) in [5.41, 5.74) is 5.93. The number of hydrogen-bond donors (Lipinski definition) is 1. The van der Waals surface area contributed by atoms with Gasteiger partial charge in [-0.15, -0.1) is 0 Å². The molecule has 0 aromatic heterocycles. The van der Waals surface area contributed by atoms with Gasteiger partial charge in [-0.1, -0.05) is 0 Å². The number of hydrogen-bond acceptors (Lipinski definition) is 2. The lowest BCUT2D eigenvalue weighted by Crippen LogP contribution is -2.30. The van der Waals surface area contributed by atoms with Crippen LogP contribution >= 0.6 is 0 Å². The fraction of sp³-hybridized carbons (Fsp3) is 1.00. The Morgan fingerprint density at radius 2 is 1.67 bits per heavy atom. The molecule has 0 bridgehead atoms. The molecule has 2 nitrogen and oxygen atoms in total. The van der Waals surface area contributed by atoms with E-state index >= 15 is 0 Å². The highest BCUT2D eigenvalue weighted by Gasteiger charge is 2.39. The maximum atomic E-state index is 5.93. The highest BCUT2D eigenvalue weighted by Crippen LogP contribution is 2.37. The Kier molecular flexibility index (Phi) is 2.13. The highest BCUT2D eigenvalue weighted by molar-refractivity contribution is 4.94. The van der Waals surface area contributed by atoms with E-state index < -0.39 is 0 Å². The van der Waals surface area contributed by atoms with Gasteiger partial charge in [0.05, 0.1) is 0 Å². The topological polar surface area (TPSA) is 29.3 Å². The van der Waals surface area contributed by atoms with Crippen molar-refractivity contribution in [3.8, 4) is 0 Å². The minimum absolute atomic E-state index is 0.509. The van der Waals surface area contributed by atoms with Crippen LogP contribution in [0.2, 0.25) is 0 Å².